The number of carbonyl (C=O) groups is 2. The summed E-state index contributed by atoms with van der Waals surface area (Å²) >= 11 is 0. The fraction of sp³-hybridized carbons (Fsp3) is 0.385. The maximum atomic E-state index is 11.4. The molecule has 0 unspecified atom stereocenters. The van der Waals surface area contributed by atoms with Gasteiger partial charge in [0.05, 0.1) is 18.6 Å². The van der Waals surface area contributed by atoms with Gasteiger partial charge >= 0.3 is 0 Å². The molecule has 1 aromatic rings. The lowest BCUT2D eigenvalue weighted by atomic mass is 10.3. The van der Waals surface area contributed by atoms with Crippen molar-refractivity contribution in [3.8, 4) is 11.5 Å². The van der Waals surface area contributed by atoms with Gasteiger partial charge in [0.1, 0.15) is 0 Å². The van der Waals surface area contributed by atoms with Crippen LogP contribution in [0.25, 0.3) is 0 Å². The normalized spacial score (nSPS) is 11.5. The minimum absolute atomic E-state index is 0.290. The zero-order valence-corrected chi connectivity index (χ0v) is 10.8. The third-order valence-electron chi connectivity index (χ3n) is 2.24. The molecule has 0 heterocycles. The van der Waals surface area contributed by atoms with Gasteiger partial charge in [0.2, 0.25) is 0 Å². The Morgan fingerprint density at radius 3 is 2.37 bits per heavy atom. The van der Waals surface area contributed by atoms with Crippen LogP contribution in [0.4, 0.5) is 0 Å². The summed E-state index contributed by atoms with van der Waals surface area (Å²) in [4.78, 5) is 21.9. The van der Waals surface area contributed by atoms with Crippen LogP contribution in [0.15, 0.2) is 24.3 Å². The first-order valence-electron chi connectivity index (χ1n) is 5.89. The number of carboxylic acid groups (broad SMARTS) is 1. The van der Waals surface area contributed by atoms with E-state index in [0.717, 1.165) is 0 Å². The van der Waals surface area contributed by atoms with E-state index in [-0.39, 0.29) is 6.61 Å². The van der Waals surface area contributed by atoms with Gasteiger partial charge in [0, 0.05) is 0 Å². The third kappa shape index (κ3) is 4.87. The smallest absolute Gasteiger partial charge is 0.258 e. The van der Waals surface area contributed by atoms with Crippen molar-refractivity contribution >= 4 is 11.9 Å². The second kappa shape index (κ2) is 7.25. The average molecular weight is 266 g/mol. The molecule has 0 aliphatic heterocycles. The van der Waals surface area contributed by atoms with Crippen LogP contribution in [-0.4, -0.2) is 31.1 Å². The van der Waals surface area contributed by atoms with Gasteiger partial charge in [-0.05, 0) is 26.0 Å². The van der Waals surface area contributed by atoms with Crippen molar-refractivity contribution in [1.82, 2.24) is 5.32 Å². The molecule has 1 rings (SSSR count). The third-order valence-corrected chi connectivity index (χ3v) is 2.24. The molecule has 1 aromatic carbocycles. The minimum atomic E-state index is -1.34. The first kappa shape index (κ1) is 14.8. The van der Waals surface area contributed by atoms with Crippen molar-refractivity contribution in [1.29, 1.82) is 0 Å². The molecule has 1 amide bonds. The molecule has 1 atom stereocenters. The minimum Gasteiger partial charge on any atom is -0.548 e. The lowest BCUT2D eigenvalue weighted by Gasteiger charge is -2.15. The van der Waals surface area contributed by atoms with E-state index in [9.17, 15) is 14.7 Å². The molecule has 0 aliphatic carbocycles. The van der Waals surface area contributed by atoms with Crippen molar-refractivity contribution in [2.24, 2.45) is 0 Å². The van der Waals surface area contributed by atoms with E-state index in [1.807, 2.05) is 6.92 Å². The molecule has 6 heteroatoms. The summed E-state index contributed by atoms with van der Waals surface area (Å²) < 4.78 is 10.6. The number of benzene rings is 1. The molecule has 0 aromatic heterocycles. The molecule has 0 saturated heterocycles. The lowest BCUT2D eigenvalue weighted by molar-refractivity contribution is -0.307. The highest BCUT2D eigenvalue weighted by Gasteiger charge is 2.10. The van der Waals surface area contributed by atoms with Gasteiger partial charge in [0.25, 0.3) is 5.91 Å². The molecule has 0 fully saturated rings. The van der Waals surface area contributed by atoms with E-state index in [1.165, 1.54) is 6.92 Å². The van der Waals surface area contributed by atoms with Crippen molar-refractivity contribution in [3.63, 3.8) is 0 Å². The van der Waals surface area contributed by atoms with Gasteiger partial charge in [0.15, 0.2) is 18.1 Å². The Balaban J connectivity index is 2.52. The highest BCUT2D eigenvalue weighted by Crippen LogP contribution is 2.26. The van der Waals surface area contributed by atoms with Crippen LogP contribution in [0.3, 0.4) is 0 Å². The SMILES string of the molecule is CCOc1ccccc1OCC(=O)N[C@@H](C)C(=O)[O-]. The van der Waals surface area contributed by atoms with Gasteiger partial charge in [-0.1, -0.05) is 12.1 Å². The van der Waals surface area contributed by atoms with Crippen molar-refractivity contribution < 1.29 is 24.2 Å². The van der Waals surface area contributed by atoms with Crippen LogP contribution in [0.2, 0.25) is 0 Å². The molecule has 0 spiro atoms. The second-order valence-electron chi connectivity index (χ2n) is 3.78. The largest absolute Gasteiger partial charge is 0.548 e. The molecular weight excluding hydrogens is 250 g/mol. The zero-order valence-electron chi connectivity index (χ0n) is 10.8. The number of carbonyl (C=O) groups excluding carboxylic acids is 2. The van der Waals surface area contributed by atoms with E-state index in [2.05, 4.69) is 5.32 Å². The van der Waals surface area contributed by atoms with Gasteiger partial charge in [-0.15, -0.1) is 0 Å². The number of amides is 1. The monoisotopic (exact) mass is 266 g/mol. The number of rotatable bonds is 7. The van der Waals surface area contributed by atoms with Crippen molar-refractivity contribution in [2.45, 2.75) is 19.9 Å². The number of carboxylic acids is 1. The lowest BCUT2D eigenvalue weighted by Crippen LogP contribution is -2.47. The maximum Gasteiger partial charge on any atom is 0.258 e. The Hall–Kier alpha value is -2.24. The number of ether oxygens (including phenoxy) is 2. The number of nitrogens with one attached hydrogen (secondary N) is 1. The predicted octanol–water partition coefficient (Wildman–Crippen LogP) is -0.281. The van der Waals surface area contributed by atoms with Crippen LogP contribution in [0.5, 0.6) is 11.5 Å². The van der Waals surface area contributed by atoms with Gasteiger partial charge in [-0.2, -0.15) is 0 Å². The molecule has 0 radical (unpaired) electrons. The molecule has 1 N–H and O–H groups in total. The summed E-state index contributed by atoms with van der Waals surface area (Å²) in [7, 11) is 0. The predicted molar refractivity (Wildman–Crippen MR) is 65.7 cm³/mol. The first-order chi connectivity index (χ1) is 9.04. The topological polar surface area (TPSA) is 87.7 Å². The Kier molecular flexibility index (Phi) is 5.66. The van der Waals surface area contributed by atoms with Crippen LogP contribution >= 0.6 is 0 Å². The quantitative estimate of drug-likeness (QED) is 0.733. The van der Waals surface area contributed by atoms with Crippen LogP contribution < -0.4 is 19.9 Å². The van der Waals surface area contributed by atoms with E-state index in [0.29, 0.717) is 18.1 Å². The Morgan fingerprint density at radius 2 is 1.84 bits per heavy atom. The Bertz CT molecular complexity index is 446. The summed E-state index contributed by atoms with van der Waals surface area (Å²) in [5.41, 5.74) is 0. The summed E-state index contributed by atoms with van der Waals surface area (Å²) in [6, 6.07) is 5.87. The number of para-hydroxylation sites is 2. The molecular formula is C13H16NO5-. The fourth-order valence-corrected chi connectivity index (χ4v) is 1.33. The highest BCUT2D eigenvalue weighted by atomic mass is 16.5. The van der Waals surface area contributed by atoms with E-state index in [1.54, 1.807) is 24.3 Å². The molecule has 19 heavy (non-hydrogen) atoms. The molecule has 0 bridgehead atoms. The van der Waals surface area contributed by atoms with E-state index in [4.69, 9.17) is 9.47 Å². The summed E-state index contributed by atoms with van der Waals surface area (Å²) in [5.74, 6) is -0.919. The standard InChI is InChI=1S/C13H17NO5/c1-3-18-10-6-4-5-7-11(10)19-8-12(15)14-9(2)13(16)17/h4-7,9H,3,8H2,1-2H3,(H,14,15)(H,16,17)/p-1/t9-/m0/s1. The fourth-order valence-electron chi connectivity index (χ4n) is 1.33. The molecule has 104 valence electrons. The van der Waals surface area contributed by atoms with E-state index < -0.39 is 17.9 Å². The molecule has 0 saturated carbocycles. The highest BCUT2D eigenvalue weighted by molar-refractivity contribution is 5.83. The summed E-state index contributed by atoms with van der Waals surface area (Å²) in [6.45, 7) is 3.35. The van der Waals surface area contributed by atoms with Gasteiger partial charge in [-0.3, -0.25) is 4.79 Å². The average Bonchev–Trinajstić information content (AvgIpc) is 2.38. The maximum absolute atomic E-state index is 11.4. The second-order valence-corrected chi connectivity index (χ2v) is 3.78. The Morgan fingerprint density at radius 1 is 1.26 bits per heavy atom. The van der Waals surface area contributed by atoms with Gasteiger partial charge < -0.3 is 24.7 Å². The van der Waals surface area contributed by atoms with Crippen LogP contribution in [-0.2, 0) is 9.59 Å². The summed E-state index contributed by atoms with van der Waals surface area (Å²) in [6.07, 6.45) is 0. The summed E-state index contributed by atoms with van der Waals surface area (Å²) in [5, 5.41) is 12.7. The van der Waals surface area contributed by atoms with Crippen LogP contribution in [0, 0.1) is 0 Å². The van der Waals surface area contributed by atoms with Crippen molar-refractivity contribution in [2.75, 3.05) is 13.2 Å². The van der Waals surface area contributed by atoms with Gasteiger partial charge in [-0.25, -0.2) is 0 Å². The zero-order chi connectivity index (χ0) is 14.3. The number of hydrogen-bond acceptors (Lipinski definition) is 5. The number of aliphatic carboxylic acids is 1. The first-order valence-corrected chi connectivity index (χ1v) is 5.89. The molecule has 6 nitrogen and oxygen atoms in total. The van der Waals surface area contributed by atoms with Crippen molar-refractivity contribution in [3.05, 3.63) is 24.3 Å². The van der Waals surface area contributed by atoms with E-state index >= 15 is 0 Å². The Labute approximate surface area is 111 Å². The van der Waals surface area contributed by atoms with Crippen LogP contribution in [0.1, 0.15) is 13.8 Å². The number of hydrogen-bond donors (Lipinski definition) is 1. The molecule has 0 aliphatic rings.